The molecule has 0 aliphatic heterocycles. The summed E-state index contributed by atoms with van der Waals surface area (Å²) in [5.41, 5.74) is 1.15. The number of hydrogen-bond acceptors (Lipinski definition) is 3. The van der Waals surface area contributed by atoms with Crippen LogP contribution in [0.5, 0.6) is 11.5 Å². The van der Waals surface area contributed by atoms with Crippen molar-refractivity contribution in [3.8, 4) is 11.5 Å². The molecule has 0 atom stereocenters. The number of ether oxygens (including phenoxy) is 1. The SMILES string of the molecule is CCCCCCOc1cc(O)ccc1N(CCCCCC)CCCCCC. The first-order valence-corrected chi connectivity index (χ1v) is 11.4. The summed E-state index contributed by atoms with van der Waals surface area (Å²) in [7, 11) is 0. The molecule has 0 aliphatic carbocycles. The number of aromatic hydroxyl groups is 1. The highest BCUT2D eigenvalue weighted by atomic mass is 16.5. The Labute approximate surface area is 168 Å². The van der Waals surface area contributed by atoms with Gasteiger partial charge < -0.3 is 14.7 Å². The summed E-state index contributed by atoms with van der Waals surface area (Å²) in [5, 5.41) is 9.95. The van der Waals surface area contributed by atoms with Crippen molar-refractivity contribution < 1.29 is 9.84 Å². The third-order valence-corrected chi connectivity index (χ3v) is 5.10. The van der Waals surface area contributed by atoms with Crippen LogP contribution in [0.2, 0.25) is 0 Å². The zero-order valence-corrected chi connectivity index (χ0v) is 18.1. The number of phenolic OH excluding ortho intramolecular Hbond substituents is 1. The Hall–Kier alpha value is -1.38. The maximum absolute atomic E-state index is 9.95. The molecule has 0 saturated carbocycles. The summed E-state index contributed by atoms with van der Waals surface area (Å²) in [6.45, 7) is 9.62. The Morgan fingerprint density at radius 3 is 1.85 bits per heavy atom. The second-order valence-electron chi connectivity index (χ2n) is 7.67. The highest BCUT2D eigenvalue weighted by Crippen LogP contribution is 2.33. The summed E-state index contributed by atoms with van der Waals surface area (Å²) in [4.78, 5) is 2.48. The van der Waals surface area contributed by atoms with Gasteiger partial charge in [-0.15, -0.1) is 0 Å². The first-order chi connectivity index (χ1) is 13.2. The van der Waals surface area contributed by atoms with E-state index in [9.17, 15) is 5.11 Å². The van der Waals surface area contributed by atoms with E-state index < -0.39 is 0 Å². The molecular weight excluding hydrogens is 334 g/mol. The van der Waals surface area contributed by atoms with Gasteiger partial charge in [-0.1, -0.05) is 78.6 Å². The van der Waals surface area contributed by atoms with Gasteiger partial charge in [-0.3, -0.25) is 0 Å². The smallest absolute Gasteiger partial charge is 0.146 e. The molecule has 1 N–H and O–H groups in total. The van der Waals surface area contributed by atoms with Gasteiger partial charge in [-0.25, -0.2) is 0 Å². The van der Waals surface area contributed by atoms with Crippen LogP contribution >= 0.6 is 0 Å². The van der Waals surface area contributed by atoms with Crippen LogP contribution in [-0.2, 0) is 0 Å². The van der Waals surface area contributed by atoms with Crippen molar-refractivity contribution in [1.29, 1.82) is 0 Å². The third kappa shape index (κ3) is 10.5. The van der Waals surface area contributed by atoms with E-state index in [2.05, 4.69) is 25.7 Å². The lowest BCUT2D eigenvalue weighted by molar-refractivity contribution is 0.303. The molecule has 0 unspecified atom stereocenters. The Morgan fingerprint density at radius 2 is 1.30 bits per heavy atom. The van der Waals surface area contributed by atoms with Gasteiger partial charge in [0.1, 0.15) is 11.5 Å². The molecule has 0 aliphatic rings. The first kappa shape index (κ1) is 23.7. The number of unbranched alkanes of at least 4 members (excludes halogenated alkanes) is 9. The average molecular weight is 378 g/mol. The molecule has 1 aromatic carbocycles. The normalized spacial score (nSPS) is 10.9. The molecule has 0 fully saturated rings. The monoisotopic (exact) mass is 377 g/mol. The molecule has 3 heteroatoms. The van der Waals surface area contributed by atoms with Crippen LogP contribution in [0.25, 0.3) is 0 Å². The van der Waals surface area contributed by atoms with E-state index in [0.717, 1.165) is 37.6 Å². The summed E-state index contributed by atoms with van der Waals surface area (Å²) < 4.78 is 6.10. The molecule has 0 amide bonds. The molecule has 3 nitrogen and oxygen atoms in total. The number of nitrogens with zero attached hydrogens (tertiary/aromatic N) is 1. The lowest BCUT2D eigenvalue weighted by Crippen LogP contribution is -2.26. The van der Waals surface area contributed by atoms with Crippen molar-refractivity contribution in [2.45, 2.75) is 97.8 Å². The van der Waals surface area contributed by atoms with E-state index >= 15 is 0 Å². The van der Waals surface area contributed by atoms with Crippen molar-refractivity contribution in [2.24, 2.45) is 0 Å². The molecule has 0 spiro atoms. The van der Waals surface area contributed by atoms with Crippen molar-refractivity contribution in [2.75, 3.05) is 24.6 Å². The lowest BCUT2D eigenvalue weighted by Gasteiger charge is -2.27. The summed E-state index contributed by atoms with van der Waals surface area (Å²) in [6, 6.07) is 5.63. The summed E-state index contributed by atoms with van der Waals surface area (Å²) in [6.07, 6.45) is 14.9. The molecule has 0 heterocycles. The Bertz CT molecular complexity index is 463. The quantitative estimate of drug-likeness (QED) is 0.289. The fourth-order valence-electron chi connectivity index (χ4n) is 3.40. The molecule has 1 aromatic rings. The van der Waals surface area contributed by atoms with E-state index in [0.29, 0.717) is 5.75 Å². The topological polar surface area (TPSA) is 32.7 Å². The predicted molar refractivity (Wildman–Crippen MR) is 118 cm³/mol. The van der Waals surface area contributed by atoms with Crippen LogP contribution in [0.1, 0.15) is 97.8 Å². The largest absolute Gasteiger partial charge is 0.508 e. The molecule has 1 rings (SSSR count). The van der Waals surface area contributed by atoms with Crippen molar-refractivity contribution >= 4 is 5.69 Å². The Balaban J connectivity index is 2.73. The van der Waals surface area contributed by atoms with Crippen LogP contribution < -0.4 is 9.64 Å². The second kappa shape index (κ2) is 15.7. The molecule has 0 bridgehead atoms. The maximum Gasteiger partial charge on any atom is 0.146 e. The molecular formula is C24H43NO2. The van der Waals surface area contributed by atoms with Crippen LogP contribution in [-0.4, -0.2) is 24.8 Å². The minimum absolute atomic E-state index is 0.291. The van der Waals surface area contributed by atoms with Crippen LogP contribution in [0, 0.1) is 0 Å². The highest BCUT2D eigenvalue weighted by Gasteiger charge is 2.13. The lowest BCUT2D eigenvalue weighted by atomic mass is 10.1. The van der Waals surface area contributed by atoms with E-state index in [-0.39, 0.29) is 0 Å². The summed E-state index contributed by atoms with van der Waals surface area (Å²) in [5.74, 6) is 1.14. The van der Waals surface area contributed by atoms with Crippen molar-refractivity contribution in [3.05, 3.63) is 18.2 Å². The second-order valence-corrected chi connectivity index (χ2v) is 7.67. The standard InChI is InChI=1S/C24H43NO2/c1-4-7-10-13-18-25(19-14-11-8-5-2)23-17-16-22(26)21-24(23)27-20-15-12-9-6-3/h16-17,21,26H,4-15,18-20H2,1-3H3. The van der Waals surface area contributed by atoms with Gasteiger partial charge in [0.05, 0.1) is 12.3 Å². The van der Waals surface area contributed by atoms with Crippen molar-refractivity contribution in [1.82, 2.24) is 0 Å². The molecule has 0 radical (unpaired) electrons. The van der Waals surface area contributed by atoms with Crippen LogP contribution in [0.3, 0.4) is 0 Å². The predicted octanol–water partition coefficient (Wildman–Crippen LogP) is 7.32. The number of hydrogen-bond donors (Lipinski definition) is 1. The minimum Gasteiger partial charge on any atom is -0.508 e. The third-order valence-electron chi connectivity index (χ3n) is 5.10. The van der Waals surface area contributed by atoms with Gasteiger partial charge >= 0.3 is 0 Å². The van der Waals surface area contributed by atoms with Gasteiger partial charge in [0, 0.05) is 19.2 Å². The van der Waals surface area contributed by atoms with Gasteiger partial charge in [0.15, 0.2) is 0 Å². The van der Waals surface area contributed by atoms with Gasteiger partial charge in [-0.05, 0) is 31.4 Å². The molecule has 0 saturated heterocycles. The van der Waals surface area contributed by atoms with E-state index in [4.69, 9.17) is 4.74 Å². The first-order valence-electron chi connectivity index (χ1n) is 11.4. The van der Waals surface area contributed by atoms with Crippen LogP contribution in [0.4, 0.5) is 5.69 Å². The van der Waals surface area contributed by atoms with Crippen molar-refractivity contribution in [3.63, 3.8) is 0 Å². The fourth-order valence-corrected chi connectivity index (χ4v) is 3.40. The zero-order valence-electron chi connectivity index (χ0n) is 18.1. The Kier molecular flexibility index (Phi) is 13.7. The van der Waals surface area contributed by atoms with E-state index in [1.54, 1.807) is 12.1 Å². The van der Waals surface area contributed by atoms with Gasteiger partial charge in [0.25, 0.3) is 0 Å². The molecule has 27 heavy (non-hydrogen) atoms. The minimum atomic E-state index is 0.291. The fraction of sp³-hybridized carbons (Fsp3) is 0.750. The van der Waals surface area contributed by atoms with E-state index in [1.165, 1.54) is 70.6 Å². The van der Waals surface area contributed by atoms with E-state index in [1.807, 2.05) is 6.07 Å². The molecule has 0 aromatic heterocycles. The van der Waals surface area contributed by atoms with Crippen LogP contribution in [0.15, 0.2) is 18.2 Å². The maximum atomic E-state index is 9.95. The average Bonchev–Trinajstić information content (AvgIpc) is 2.67. The number of phenols is 1. The zero-order chi connectivity index (χ0) is 19.7. The highest BCUT2D eigenvalue weighted by molar-refractivity contribution is 5.60. The summed E-state index contributed by atoms with van der Waals surface area (Å²) >= 11 is 0. The Morgan fingerprint density at radius 1 is 0.741 bits per heavy atom. The number of rotatable bonds is 17. The number of benzene rings is 1. The molecule has 156 valence electrons. The van der Waals surface area contributed by atoms with Gasteiger partial charge in [0.2, 0.25) is 0 Å². The van der Waals surface area contributed by atoms with Gasteiger partial charge in [-0.2, -0.15) is 0 Å². The number of anilines is 1.